The van der Waals surface area contributed by atoms with E-state index in [4.69, 9.17) is 14.8 Å². The van der Waals surface area contributed by atoms with E-state index in [1.54, 1.807) is 7.11 Å². The molecule has 1 N–H and O–H groups in total. The molecule has 0 saturated heterocycles. The van der Waals surface area contributed by atoms with Gasteiger partial charge >= 0.3 is 0 Å². The number of methoxy groups -OCH3 is 1. The Hall–Kier alpha value is -2.49. The number of ether oxygens (including phenoxy) is 1. The van der Waals surface area contributed by atoms with Crippen LogP contribution in [0.25, 0.3) is 22.2 Å². The summed E-state index contributed by atoms with van der Waals surface area (Å²) in [5.41, 5.74) is 5.53. The second kappa shape index (κ2) is 11.5. The number of nitrogens with zero attached hydrogens (tertiary/aromatic N) is 1. The monoisotopic (exact) mass is 569 g/mol. The standard InChI is InChI=1S/C19H18NO.C5H8O2.Ir/c1-4-14-11-16-12-17(21-3)8-9-18(16)20-19(14)15-7-5-6-13(2)10-15;1-4(6)3-5(2)7;/h5-6,8-12H,4H2,1-3H3;3,6H,1-2H3;/q-1;;/b;4-3-;. The number of rotatable bonds is 4. The first-order valence-electron chi connectivity index (χ1n) is 9.18. The third-order valence-corrected chi connectivity index (χ3v) is 4.11. The average molecular weight is 569 g/mol. The maximum atomic E-state index is 10.0. The van der Waals surface area contributed by atoms with Crippen LogP contribution in [0.15, 0.2) is 54.3 Å². The van der Waals surface area contributed by atoms with Gasteiger partial charge in [0.05, 0.1) is 18.4 Å². The molecule has 1 aromatic heterocycles. The van der Waals surface area contributed by atoms with E-state index in [0.717, 1.165) is 34.3 Å². The molecule has 0 atom stereocenters. The van der Waals surface area contributed by atoms with E-state index in [2.05, 4.69) is 38.1 Å². The molecule has 0 aliphatic rings. The van der Waals surface area contributed by atoms with Crippen LogP contribution < -0.4 is 4.74 Å². The van der Waals surface area contributed by atoms with Gasteiger partial charge in [-0.05, 0) is 44.2 Å². The van der Waals surface area contributed by atoms with Crippen molar-refractivity contribution in [1.29, 1.82) is 0 Å². The number of benzene rings is 2. The maximum absolute atomic E-state index is 10.0. The Bertz CT molecular complexity index is 1010. The zero-order valence-corrected chi connectivity index (χ0v) is 19.8. The molecule has 4 nitrogen and oxygen atoms in total. The molecular weight excluding hydrogens is 542 g/mol. The Labute approximate surface area is 186 Å². The summed E-state index contributed by atoms with van der Waals surface area (Å²) in [6.07, 6.45) is 2.11. The number of aliphatic hydroxyl groups is 1. The minimum Gasteiger partial charge on any atom is -0.512 e. The first kappa shape index (κ1) is 24.5. The van der Waals surface area contributed by atoms with E-state index < -0.39 is 0 Å². The SMILES string of the molecule is CC(=O)/C=C(/C)O.CCc1cc2cc(OC)ccc2nc1-c1[c-]ccc(C)c1.[Ir]. The molecule has 0 unspecified atom stereocenters. The van der Waals surface area contributed by atoms with Gasteiger partial charge in [0.2, 0.25) is 0 Å². The molecule has 155 valence electrons. The number of hydrogen-bond acceptors (Lipinski definition) is 4. The van der Waals surface area contributed by atoms with Crippen LogP contribution >= 0.6 is 0 Å². The van der Waals surface area contributed by atoms with Crippen LogP contribution in [0.1, 0.15) is 31.9 Å². The Balaban J connectivity index is 0.000000456. The molecule has 3 rings (SSSR count). The Morgan fingerprint density at radius 3 is 2.45 bits per heavy atom. The normalized spacial score (nSPS) is 10.6. The van der Waals surface area contributed by atoms with Crippen molar-refractivity contribution in [3.8, 4) is 17.0 Å². The molecule has 0 amide bonds. The van der Waals surface area contributed by atoms with Crippen molar-refractivity contribution in [3.63, 3.8) is 0 Å². The number of ketones is 1. The molecule has 0 aliphatic carbocycles. The van der Waals surface area contributed by atoms with E-state index in [-0.39, 0.29) is 31.6 Å². The summed E-state index contributed by atoms with van der Waals surface area (Å²) in [4.78, 5) is 14.9. The number of carbonyl (C=O) groups is 1. The Kier molecular flexibility index (Phi) is 9.73. The van der Waals surface area contributed by atoms with Gasteiger partial charge in [-0.3, -0.25) is 9.78 Å². The summed E-state index contributed by atoms with van der Waals surface area (Å²) >= 11 is 0. The van der Waals surface area contributed by atoms with Gasteiger partial charge in [-0.2, -0.15) is 0 Å². The van der Waals surface area contributed by atoms with Crippen molar-refractivity contribution in [2.45, 2.75) is 34.1 Å². The summed E-state index contributed by atoms with van der Waals surface area (Å²) in [6, 6.07) is 17.6. The number of hydrogen-bond donors (Lipinski definition) is 1. The second-order valence-electron chi connectivity index (χ2n) is 6.58. The molecule has 0 spiro atoms. The maximum Gasteiger partial charge on any atom is 0.155 e. The average Bonchev–Trinajstić information content (AvgIpc) is 2.65. The molecule has 5 heteroatoms. The van der Waals surface area contributed by atoms with Crippen LogP contribution in [-0.2, 0) is 31.3 Å². The fraction of sp³-hybridized carbons (Fsp3) is 0.250. The molecule has 1 heterocycles. The molecule has 1 radical (unpaired) electrons. The molecular formula is C24H26IrNO3-. The van der Waals surface area contributed by atoms with Gasteiger partial charge in [0.25, 0.3) is 0 Å². The molecule has 0 aliphatic heterocycles. The number of aromatic nitrogens is 1. The summed E-state index contributed by atoms with van der Waals surface area (Å²) in [6.45, 7) is 7.10. The fourth-order valence-electron chi connectivity index (χ4n) is 2.84. The molecule has 0 fully saturated rings. The first-order chi connectivity index (χ1) is 13.3. The van der Waals surface area contributed by atoms with E-state index in [0.29, 0.717) is 0 Å². The molecule has 0 bridgehead atoms. The predicted octanol–water partition coefficient (Wildman–Crippen LogP) is 5.62. The van der Waals surface area contributed by atoms with Crippen molar-refractivity contribution >= 4 is 16.7 Å². The van der Waals surface area contributed by atoms with Crippen LogP contribution in [0.3, 0.4) is 0 Å². The van der Waals surface area contributed by atoms with E-state index in [1.165, 1.54) is 31.1 Å². The van der Waals surface area contributed by atoms with E-state index in [9.17, 15) is 4.79 Å². The van der Waals surface area contributed by atoms with Gasteiger partial charge in [-0.15, -0.1) is 35.4 Å². The number of fused-ring (bicyclic) bond motifs is 1. The van der Waals surface area contributed by atoms with Gasteiger partial charge in [0.15, 0.2) is 5.78 Å². The van der Waals surface area contributed by atoms with Crippen LogP contribution in [0.4, 0.5) is 0 Å². The van der Waals surface area contributed by atoms with Crippen molar-refractivity contribution in [2.24, 2.45) is 0 Å². The number of pyridine rings is 1. The van der Waals surface area contributed by atoms with Crippen molar-refractivity contribution in [2.75, 3.05) is 7.11 Å². The number of aryl methyl sites for hydroxylation is 2. The largest absolute Gasteiger partial charge is 0.512 e. The van der Waals surface area contributed by atoms with Crippen LogP contribution in [-0.4, -0.2) is 23.0 Å². The van der Waals surface area contributed by atoms with Crippen LogP contribution in [0.2, 0.25) is 0 Å². The van der Waals surface area contributed by atoms with Gasteiger partial charge < -0.3 is 9.84 Å². The van der Waals surface area contributed by atoms with Crippen molar-refractivity contribution in [3.05, 3.63) is 71.5 Å². The van der Waals surface area contributed by atoms with E-state index in [1.807, 2.05) is 24.3 Å². The van der Waals surface area contributed by atoms with Gasteiger partial charge in [0, 0.05) is 31.6 Å². The fourth-order valence-corrected chi connectivity index (χ4v) is 2.84. The second-order valence-corrected chi connectivity index (χ2v) is 6.58. The molecule has 0 saturated carbocycles. The minimum atomic E-state index is -0.125. The number of aliphatic hydroxyl groups excluding tert-OH is 1. The Morgan fingerprint density at radius 1 is 1.21 bits per heavy atom. The molecule has 29 heavy (non-hydrogen) atoms. The summed E-state index contributed by atoms with van der Waals surface area (Å²) in [5, 5.41) is 9.48. The first-order valence-corrected chi connectivity index (χ1v) is 9.18. The molecule has 3 aromatic rings. The van der Waals surface area contributed by atoms with E-state index >= 15 is 0 Å². The van der Waals surface area contributed by atoms with Crippen LogP contribution in [0.5, 0.6) is 5.75 Å². The Morgan fingerprint density at radius 2 is 1.93 bits per heavy atom. The number of allylic oxidation sites excluding steroid dienone is 2. The van der Waals surface area contributed by atoms with Crippen molar-refractivity contribution < 1.29 is 34.7 Å². The predicted molar refractivity (Wildman–Crippen MR) is 114 cm³/mol. The zero-order chi connectivity index (χ0) is 20.7. The summed E-state index contributed by atoms with van der Waals surface area (Å²) in [7, 11) is 1.69. The topological polar surface area (TPSA) is 59.4 Å². The van der Waals surface area contributed by atoms with Crippen molar-refractivity contribution in [1.82, 2.24) is 4.98 Å². The number of carbonyl (C=O) groups excluding carboxylic acids is 1. The van der Waals surface area contributed by atoms with Gasteiger partial charge in [0.1, 0.15) is 5.75 Å². The van der Waals surface area contributed by atoms with Gasteiger partial charge in [-0.25, -0.2) is 0 Å². The third kappa shape index (κ3) is 7.12. The van der Waals surface area contributed by atoms with Gasteiger partial charge in [-0.1, -0.05) is 25.5 Å². The third-order valence-electron chi connectivity index (χ3n) is 4.11. The van der Waals surface area contributed by atoms with Crippen LogP contribution in [0, 0.1) is 13.0 Å². The summed E-state index contributed by atoms with van der Waals surface area (Å²) in [5.74, 6) is 0.800. The minimum absolute atomic E-state index is 0. The molecule has 2 aromatic carbocycles. The summed E-state index contributed by atoms with van der Waals surface area (Å²) < 4.78 is 5.29. The quantitative estimate of drug-likeness (QED) is 0.252. The zero-order valence-electron chi connectivity index (χ0n) is 17.4. The smallest absolute Gasteiger partial charge is 0.155 e.